The van der Waals surface area contributed by atoms with Crippen molar-refractivity contribution < 1.29 is 5.11 Å². The molecule has 0 amide bonds. The van der Waals surface area contributed by atoms with Gasteiger partial charge in [0, 0.05) is 23.9 Å². The van der Waals surface area contributed by atoms with Crippen LogP contribution >= 0.6 is 0 Å². The predicted molar refractivity (Wildman–Crippen MR) is 65.3 cm³/mol. The number of rotatable bonds is 0. The van der Waals surface area contributed by atoms with Crippen LogP contribution in [0, 0.1) is 11.8 Å². The van der Waals surface area contributed by atoms with Gasteiger partial charge in [0.2, 0.25) is 0 Å². The molecule has 0 aromatic carbocycles. The first kappa shape index (κ1) is 11.0. The Bertz CT molecular complexity index is 205. The summed E-state index contributed by atoms with van der Waals surface area (Å²) in [6.07, 6.45) is 10.6. The van der Waals surface area contributed by atoms with Crippen LogP contribution in [0.25, 0.3) is 0 Å². The fourth-order valence-corrected chi connectivity index (χ4v) is 4.65. The molecule has 0 unspecified atom stereocenters. The van der Waals surface area contributed by atoms with E-state index in [1.54, 1.807) is 0 Å². The summed E-state index contributed by atoms with van der Waals surface area (Å²) in [7, 11) is 2.32. The zero-order valence-electron chi connectivity index (χ0n) is 10.4. The summed E-state index contributed by atoms with van der Waals surface area (Å²) in [6, 6.07) is 1.37. The van der Waals surface area contributed by atoms with E-state index in [9.17, 15) is 5.11 Å². The Morgan fingerprint density at radius 2 is 1.25 bits per heavy atom. The third-order valence-electron chi connectivity index (χ3n) is 5.49. The number of fused-ring (bicyclic) bond motifs is 2. The number of likely N-dealkylation sites (tertiary alicyclic amines) is 1. The Balaban J connectivity index is 1.83. The number of piperidine rings is 1. The molecule has 1 aliphatic heterocycles. The molecule has 92 valence electrons. The average Bonchev–Trinajstić information content (AvgIpc) is 2.36. The zero-order chi connectivity index (χ0) is 11.1. The summed E-state index contributed by atoms with van der Waals surface area (Å²) in [5.41, 5.74) is 0. The van der Waals surface area contributed by atoms with Crippen molar-refractivity contribution in [2.24, 2.45) is 11.8 Å². The lowest BCUT2D eigenvalue weighted by Gasteiger charge is -2.54. The van der Waals surface area contributed by atoms with Gasteiger partial charge in [0.1, 0.15) is 0 Å². The molecule has 1 heterocycles. The highest BCUT2D eigenvalue weighted by Gasteiger charge is 2.47. The number of hydrogen-bond donors (Lipinski definition) is 1. The van der Waals surface area contributed by atoms with E-state index in [1.807, 2.05) is 0 Å². The van der Waals surface area contributed by atoms with Crippen molar-refractivity contribution in [3.8, 4) is 0 Å². The lowest BCUT2D eigenvalue weighted by Crippen LogP contribution is -2.61. The summed E-state index contributed by atoms with van der Waals surface area (Å²) in [4.78, 5) is 2.64. The lowest BCUT2D eigenvalue weighted by molar-refractivity contribution is -0.110. The second kappa shape index (κ2) is 4.30. The van der Waals surface area contributed by atoms with Gasteiger partial charge in [-0.25, -0.2) is 0 Å². The van der Waals surface area contributed by atoms with Crippen molar-refractivity contribution in [1.82, 2.24) is 4.90 Å². The standard InChI is InChI=1S/C14H25NO/c1-15-12-8-4-2-6-10(12)14(16)11-7-3-5-9-13(11)15/h10-14,16H,2-9H2,1H3/t10-,11-,12+,13+/m0/s1. The molecular weight excluding hydrogens is 198 g/mol. The SMILES string of the molecule is CN1[C@@H]2CCCC[C@@H]2C(O)[C@H]2CCCC[C@H]21. The van der Waals surface area contributed by atoms with E-state index in [0.717, 1.165) is 0 Å². The van der Waals surface area contributed by atoms with E-state index in [4.69, 9.17) is 0 Å². The summed E-state index contributed by atoms with van der Waals surface area (Å²) >= 11 is 0. The molecule has 2 nitrogen and oxygen atoms in total. The maximum Gasteiger partial charge on any atom is 0.0626 e. The van der Waals surface area contributed by atoms with Gasteiger partial charge in [0.05, 0.1) is 6.10 Å². The highest BCUT2D eigenvalue weighted by molar-refractivity contribution is 5.00. The molecule has 0 radical (unpaired) electrons. The Hall–Kier alpha value is -0.0800. The van der Waals surface area contributed by atoms with E-state index >= 15 is 0 Å². The van der Waals surface area contributed by atoms with Crippen LogP contribution in [0.5, 0.6) is 0 Å². The van der Waals surface area contributed by atoms with E-state index in [-0.39, 0.29) is 6.10 Å². The Kier molecular flexibility index (Phi) is 2.97. The fourth-order valence-electron chi connectivity index (χ4n) is 4.65. The van der Waals surface area contributed by atoms with Gasteiger partial charge in [0.15, 0.2) is 0 Å². The normalized spacial score (nSPS) is 49.5. The smallest absolute Gasteiger partial charge is 0.0626 e. The van der Waals surface area contributed by atoms with E-state index in [1.165, 1.54) is 51.4 Å². The van der Waals surface area contributed by atoms with E-state index in [2.05, 4.69) is 11.9 Å². The third-order valence-corrected chi connectivity index (χ3v) is 5.49. The summed E-state index contributed by atoms with van der Waals surface area (Å²) < 4.78 is 0. The summed E-state index contributed by atoms with van der Waals surface area (Å²) in [5.74, 6) is 1.16. The molecule has 3 aliphatic rings. The van der Waals surface area contributed by atoms with Crippen molar-refractivity contribution in [3.63, 3.8) is 0 Å². The molecule has 3 fully saturated rings. The largest absolute Gasteiger partial charge is 0.392 e. The third kappa shape index (κ3) is 1.62. The highest BCUT2D eigenvalue weighted by Crippen LogP contribution is 2.44. The molecule has 3 rings (SSSR count). The Morgan fingerprint density at radius 1 is 0.812 bits per heavy atom. The lowest BCUT2D eigenvalue weighted by atomic mass is 9.66. The minimum atomic E-state index is 0.00630. The van der Waals surface area contributed by atoms with Crippen LogP contribution in [0.3, 0.4) is 0 Å². The number of aliphatic hydroxyl groups excluding tert-OH is 1. The van der Waals surface area contributed by atoms with Crippen molar-refractivity contribution >= 4 is 0 Å². The maximum absolute atomic E-state index is 10.6. The minimum absolute atomic E-state index is 0.00630. The zero-order valence-corrected chi connectivity index (χ0v) is 10.4. The summed E-state index contributed by atoms with van der Waals surface area (Å²) in [5, 5.41) is 10.6. The first-order chi connectivity index (χ1) is 7.79. The molecule has 0 aromatic rings. The first-order valence-electron chi connectivity index (χ1n) is 7.19. The summed E-state index contributed by atoms with van der Waals surface area (Å²) in [6.45, 7) is 0. The van der Waals surface area contributed by atoms with Gasteiger partial charge in [0.25, 0.3) is 0 Å². The molecule has 2 saturated carbocycles. The van der Waals surface area contributed by atoms with Gasteiger partial charge in [-0.3, -0.25) is 4.90 Å². The number of nitrogens with zero attached hydrogens (tertiary/aromatic N) is 1. The molecule has 1 N–H and O–H groups in total. The molecule has 0 bridgehead atoms. The van der Waals surface area contributed by atoms with Gasteiger partial charge in [-0.15, -0.1) is 0 Å². The topological polar surface area (TPSA) is 23.5 Å². The molecule has 2 heteroatoms. The van der Waals surface area contributed by atoms with Gasteiger partial charge in [-0.2, -0.15) is 0 Å². The average molecular weight is 223 g/mol. The van der Waals surface area contributed by atoms with Gasteiger partial charge >= 0.3 is 0 Å². The molecule has 16 heavy (non-hydrogen) atoms. The Morgan fingerprint density at radius 3 is 1.75 bits per heavy atom. The van der Waals surface area contributed by atoms with Crippen LogP contribution in [0.1, 0.15) is 51.4 Å². The van der Waals surface area contributed by atoms with Crippen molar-refractivity contribution in [2.75, 3.05) is 7.05 Å². The van der Waals surface area contributed by atoms with Gasteiger partial charge in [-0.1, -0.05) is 25.7 Å². The first-order valence-corrected chi connectivity index (χ1v) is 7.19. The number of hydrogen-bond acceptors (Lipinski definition) is 2. The van der Waals surface area contributed by atoms with Crippen molar-refractivity contribution in [2.45, 2.75) is 69.6 Å². The fraction of sp³-hybridized carbons (Fsp3) is 1.00. The van der Waals surface area contributed by atoms with Crippen LogP contribution in [0.4, 0.5) is 0 Å². The highest BCUT2D eigenvalue weighted by atomic mass is 16.3. The van der Waals surface area contributed by atoms with Crippen LogP contribution in [-0.4, -0.2) is 35.2 Å². The van der Waals surface area contributed by atoms with E-state index < -0.39 is 0 Å². The quantitative estimate of drug-likeness (QED) is 0.681. The molecule has 0 spiro atoms. The second-order valence-corrected chi connectivity index (χ2v) is 6.19. The van der Waals surface area contributed by atoms with Gasteiger partial charge in [-0.05, 0) is 32.7 Å². The minimum Gasteiger partial charge on any atom is -0.392 e. The van der Waals surface area contributed by atoms with Crippen LogP contribution < -0.4 is 0 Å². The van der Waals surface area contributed by atoms with Crippen LogP contribution in [0.2, 0.25) is 0 Å². The maximum atomic E-state index is 10.6. The predicted octanol–water partition coefficient (Wildman–Crippen LogP) is 2.41. The molecule has 2 aliphatic carbocycles. The van der Waals surface area contributed by atoms with Crippen LogP contribution in [0.15, 0.2) is 0 Å². The van der Waals surface area contributed by atoms with Crippen molar-refractivity contribution in [1.29, 1.82) is 0 Å². The second-order valence-electron chi connectivity index (χ2n) is 6.19. The van der Waals surface area contributed by atoms with E-state index in [0.29, 0.717) is 23.9 Å². The van der Waals surface area contributed by atoms with Gasteiger partial charge < -0.3 is 5.11 Å². The molecular formula is C14H25NO. The molecule has 1 saturated heterocycles. The molecule has 0 aromatic heterocycles. The van der Waals surface area contributed by atoms with Crippen molar-refractivity contribution in [3.05, 3.63) is 0 Å². The van der Waals surface area contributed by atoms with Crippen LogP contribution in [-0.2, 0) is 0 Å². The number of aliphatic hydroxyl groups is 1. The molecule has 4 atom stereocenters. The monoisotopic (exact) mass is 223 g/mol. The Labute approximate surface area is 99.0 Å².